The van der Waals surface area contributed by atoms with E-state index in [1.54, 1.807) is 0 Å². The molecule has 0 aromatic rings. The lowest BCUT2D eigenvalue weighted by molar-refractivity contribution is 0.0181. The summed E-state index contributed by atoms with van der Waals surface area (Å²) in [6.45, 7) is 11.4. The Labute approximate surface area is 132 Å². The van der Waals surface area contributed by atoms with Gasteiger partial charge in [0.15, 0.2) is 0 Å². The van der Waals surface area contributed by atoms with Crippen LogP contribution in [0.15, 0.2) is 0 Å². The van der Waals surface area contributed by atoms with Gasteiger partial charge in [0.05, 0.1) is 12.7 Å². The van der Waals surface area contributed by atoms with Gasteiger partial charge in [-0.15, -0.1) is 0 Å². The highest BCUT2D eigenvalue weighted by molar-refractivity contribution is 4.80. The topological polar surface area (TPSA) is 44.7 Å². The Morgan fingerprint density at radius 1 is 1.19 bits per heavy atom. The normalized spacial score (nSPS) is 15.4. The number of ether oxygens (including phenoxy) is 1. The molecule has 0 aliphatic rings. The Morgan fingerprint density at radius 3 is 2.38 bits per heavy atom. The van der Waals surface area contributed by atoms with Crippen LogP contribution >= 0.6 is 0 Å². The van der Waals surface area contributed by atoms with Crippen molar-refractivity contribution in [1.82, 2.24) is 10.2 Å². The SMILES string of the molecule is CCCCC(CC)COCC(O)CNCC(C)(C)N(C)C. The fraction of sp³-hybridized carbons (Fsp3) is 1.00. The third-order valence-corrected chi connectivity index (χ3v) is 4.36. The number of unbranched alkanes of at least 4 members (excludes halogenated alkanes) is 1. The van der Waals surface area contributed by atoms with E-state index < -0.39 is 6.10 Å². The van der Waals surface area contributed by atoms with E-state index >= 15 is 0 Å². The average molecular weight is 303 g/mol. The fourth-order valence-electron chi connectivity index (χ4n) is 2.03. The number of rotatable bonds is 13. The zero-order valence-electron chi connectivity index (χ0n) is 15.1. The first kappa shape index (κ1) is 20.8. The summed E-state index contributed by atoms with van der Waals surface area (Å²) in [7, 11) is 4.14. The second-order valence-corrected chi connectivity index (χ2v) is 6.95. The summed E-state index contributed by atoms with van der Waals surface area (Å²) in [5, 5.41) is 13.3. The number of aliphatic hydroxyl groups is 1. The van der Waals surface area contributed by atoms with Gasteiger partial charge in [0.1, 0.15) is 0 Å². The van der Waals surface area contributed by atoms with Crippen molar-refractivity contribution < 1.29 is 9.84 Å². The number of aliphatic hydroxyl groups excluding tert-OH is 1. The molecule has 0 saturated carbocycles. The summed E-state index contributed by atoms with van der Waals surface area (Å²) in [5.74, 6) is 0.637. The van der Waals surface area contributed by atoms with Crippen LogP contribution < -0.4 is 5.32 Å². The molecule has 0 aliphatic carbocycles. The highest BCUT2D eigenvalue weighted by Gasteiger charge is 2.20. The molecule has 0 rings (SSSR count). The Balaban J connectivity index is 3.73. The number of likely N-dealkylation sites (N-methyl/N-ethyl adjacent to an activating group) is 1. The van der Waals surface area contributed by atoms with Crippen molar-refractivity contribution in [3.63, 3.8) is 0 Å². The molecule has 21 heavy (non-hydrogen) atoms. The van der Waals surface area contributed by atoms with E-state index in [4.69, 9.17) is 4.74 Å². The second kappa shape index (κ2) is 11.4. The van der Waals surface area contributed by atoms with Crippen LogP contribution in [0.5, 0.6) is 0 Å². The van der Waals surface area contributed by atoms with Crippen LogP contribution in [0.2, 0.25) is 0 Å². The molecular weight excluding hydrogens is 264 g/mol. The molecule has 0 bridgehead atoms. The fourth-order valence-corrected chi connectivity index (χ4v) is 2.03. The minimum Gasteiger partial charge on any atom is -0.389 e. The second-order valence-electron chi connectivity index (χ2n) is 6.95. The maximum Gasteiger partial charge on any atom is 0.0897 e. The largest absolute Gasteiger partial charge is 0.389 e. The highest BCUT2D eigenvalue weighted by Crippen LogP contribution is 2.13. The third-order valence-electron chi connectivity index (χ3n) is 4.36. The van der Waals surface area contributed by atoms with Crippen LogP contribution in [-0.4, -0.2) is 62.0 Å². The summed E-state index contributed by atoms with van der Waals surface area (Å²) in [6, 6.07) is 0. The predicted molar refractivity (Wildman–Crippen MR) is 90.8 cm³/mol. The predicted octanol–water partition coefficient (Wildman–Crippen LogP) is 2.51. The standard InChI is InChI=1S/C17H38N2O2/c1-7-9-10-15(8-2)12-21-13-16(20)11-18-14-17(3,4)19(5)6/h15-16,18,20H,7-14H2,1-6H3. The molecule has 0 amide bonds. The maximum atomic E-state index is 9.95. The van der Waals surface area contributed by atoms with E-state index in [0.29, 0.717) is 19.1 Å². The summed E-state index contributed by atoms with van der Waals surface area (Å²) >= 11 is 0. The van der Waals surface area contributed by atoms with Gasteiger partial charge in [0, 0.05) is 25.2 Å². The first-order valence-corrected chi connectivity index (χ1v) is 8.47. The van der Waals surface area contributed by atoms with Crippen LogP contribution in [0, 0.1) is 5.92 Å². The molecule has 2 unspecified atom stereocenters. The Morgan fingerprint density at radius 2 is 1.86 bits per heavy atom. The van der Waals surface area contributed by atoms with E-state index in [2.05, 4.69) is 52.0 Å². The lowest BCUT2D eigenvalue weighted by atomic mass is 10.0. The number of nitrogens with one attached hydrogen (secondary N) is 1. The average Bonchev–Trinajstić information content (AvgIpc) is 2.42. The van der Waals surface area contributed by atoms with Gasteiger partial charge in [0.25, 0.3) is 0 Å². The van der Waals surface area contributed by atoms with Crippen molar-refractivity contribution in [3.05, 3.63) is 0 Å². The van der Waals surface area contributed by atoms with E-state index in [9.17, 15) is 5.11 Å². The van der Waals surface area contributed by atoms with Crippen molar-refractivity contribution in [2.75, 3.05) is 40.4 Å². The van der Waals surface area contributed by atoms with Gasteiger partial charge in [-0.25, -0.2) is 0 Å². The minimum atomic E-state index is -0.424. The molecule has 0 heterocycles. The van der Waals surface area contributed by atoms with Crippen LogP contribution in [-0.2, 0) is 4.74 Å². The quantitative estimate of drug-likeness (QED) is 0.549. The summed E-state index contributed by atoms with van der Waals surface area (Å²) in [6.07, 6.45) is 4.48. The van der Waals surface area contributed by atoms with E-state index in [1.165, 1.54) is 19.3 Å². The Kier molecular flexibility index (Phi) is 11.3. The number of nitrogens with zero attached hydrogens (tertiary/aromatic N) is 1. The Bertz CT molecular complexity index is 245. The van der Waals surface area contributed by atoms with Gasteiger partial charge in [-0.2, -0.15) is 0 Å². The molecule has 128 valence electrons. The first-order valence-electron chi connectivity index (χ1n) is 8.47. The Hall–Kier alpha value is -0.160. The van der Waals surface area contributed by atoms with Crippen molar-refractivity contribution in [2.45, 2.75) is 65.0 Å². The van der Waals surface area contributed by atoms with Gasteiger partial charge >= 0.3 is 0 Å². The molecule has 2 atom stereocenters. The molecule has 4 heteroatoms. The molecule has 0 spiro atoms. The smallest absolute Gasteiger partial charge is 0.0897 e. The number of hydrogen-bond acceptors (Lipinski definition) is 4. The third kappa shape index (κ3) is 10.2. The summed E-state index contributed by atoms with van der Waals surface area (Å²) in [5.41, 5.74) is 0.0913. The van der Waals surface area contributed by atoms with Crippen molar-refractivity contribution in [3.8, 4) is 0 Å². The molecule has 0 aromatic carbocycles. The summed E-state index contributed by atoms with van der Waals surface area (Å²) < 4.78 is 5.68. The lowest BCUT2D eigenvalue weighted by Crippen LogP contribution is -2.48. The lowest BCUT2D eigenvalue weighted by Gasteiger charge is -2.33. The van der Waals surface area contributed by atoms with Crippen LogP contribution in [0.1, 0.15) is 53.4 Å². The van der Waals surface area contributed by atoms with Crippen LogP contribution in [0.3, 0.4) is 0 Å². The maximum absolute atomic E-state index is 9.95. The van der Waals surface area contributed by atoms with Crippen LogP contribution in [0.25, 0.3) is 0 Å². The van der Waals surface area contributed by atoms with Crippen molar-refractivity contribution in [2.24, 2.45) is 5.92 Å². The van der Waals surface area contributed by atoms with Gasteiger partial charge in [-0.05, 0) is 40.3 Å². The molecule has 0 fully saturated rings. The van der Waals surface area contributed by atoms with E-state index in [-0.39, 0.29) is 5.54 Å². The van der Waals surface area contributed by atoms with Gasteiger partial charge in [0.2, 0.25) is 0 Å². The minimum absolute atomic E-state index is 0.0913. The highest BCUT2D eigenvalue weighted by atomic mass is 16.5. The summed E-state index contributed by atoms with van der Waals surface area (Å²) in [4.78, 5) is 2.18. The molecule has 0 aliphatic heterocycles. The van der Waals surface area contributed by atoms with Crippen molar-refractivity contribution >= 4 is 0 Å². The van der Waals surface area contributed by atoms with Gasteiger partial charge in [-0.3, -0.25) is 0 Å². The zero-order valence-corrected chi connectivity index (χ0v) is 15.1. The molecule has 0 radical (unpaired) electrons. The van der Waals surface area contributed by atoms with Gasteiger partial charge < -0.3 is 20.1 Å². The van der Waals surface area contributed by atoms with Crippen molar-refractivity contribution in [1.29, 1.82) is 0 Å². The molecule has 2 N–H and O–H groups in total. The van der Waals surface area contributed by atoms with Gasteiger partial charge in [-0.1, -0.05) is 33.1 Å². The molecule has 0 aromatic heterocycles. The van der Waals surface area contributed by atoms with E-state index in [1.807, 2.05) is 0 Å². The molecule has 0 saturated heterocycles. The monoisotopic (exact) mass is 302 g/mol. The first-order chi connectivity index (χ1) is 9.83. The zero-order chi connectivity index (χ0) is 16.3. The molecule has 4 nitrogen and oxygen atoms in total. The van der Waals surface area contributed by atoms with E-state index in [0.717, 1.165) is 19.6 Å². The van der Waals surface area contributed by atoms with Crippen LogP contribution in [0.4, 0.5) is 0 Å². The molecular formula is C17H38N2O2. The number of hydrogen-bond donors (Lipinski definition) is 2.